The Balaban J connectivity index is 1.85. The van der Waals surface area contributed by atoms with E-state index in [1.54, 1.807) is 38.9 Å². The highest BCUT2D eigenvalue weighted by Crippen LogP contribution is 2.39. The number of benzene rings is 4. The minimum absolute atomic E-state index is 0.314. The average molecular weight is 785 g/mol. The summed E-state index contributed by atoms with van der Waals surface area (Å²) in [6, 6.07) is 25.8. The number of rotatable bonds is 27. The molecular formula is C57H84O. The maximum atomic E-state index is 12.0. The van der Waals surface area contributed by atoms with Crippen LogP contribution in [-0.2, 0) is 57.8 Å². The Morgan fingerprint density at radius 1 is 0.345 bits per heavy atom. The van der Waals surface area contributed by atoms with Crippen molar-refractivity contribution in [2.45, 2.75) is 215 Å². The summed E-state index contributed by atoms with van der Waals surface area (Å²) < 4.78 is 0. The van der Waals surface area contributed by atoms with E-state index >= 15 is 0 Å². The molecular weight excluding hydrogens is 701 g/mol. The molecule has 1 N–H and O–H groups in total. The zero-order valence-electron chi connectivity index (χ0n) is 38.9. The zero-order valence-corrected chi connectivity index (χ0v) is 38.9. The van der Waals surface area contributed by atoms with E-state index in [9.17, 15) is 5.11 Å². The molecule has 0 bridgehead atoms. The van der Waals surface area contributed by atoms with E-state index in [4.69, 9.17) is 0 Å². The molecule has 4 aromatic carbocycles. The van der Waals surface area contributed by atoms with Crippen molar-refractivity contribution in [1.82, 2.24) is 0 Å². The lowest BCUT2D eigenvalue weighted by molar-refractivity contribution is 0.463. The second kappa shape index (κ2) is 25.3. The Kier molecular flexibility index (Phi) is 20.7. The van der Waals surface area contributed by atoms with Gasteiger partial charge < -0.3 is 5.11 Å². The van der Waals surface area contributed by atoms with Crippen LogP contribution >= 0.6 is 0 Å². The average Bonchev–Trinajstić information content (AvgIpc) is 3.23. The van der Waals surface area contributed by atoms with Crippen molar-refractivity contribution in [3.63, 3.8) is 0 Å². The Morgan fingerprint density at radius 2 is 0.672 bits per heavy atom. The van der Waals surface area contributed by atoms with E-state index in [2.05, 4.69) is 123 Å². The molecule has 0 heterocycles. The third-order valence-electron chi connectivity index (χ3n) is 13.3. The van der Waals surface area contributed by atoms with Crippen molar-refractivity contribution in [1.29, 1.82) is 0 Å². The van der Waals surface area contributed by atoms with Gasteiger partial charge >= 0.3 is 0 Å². The first-order valence-electron chi connectivity index (χ1n) is 24.4. The van der Waals surface area contributed by atoms with Crippen LogP contribution in [0.5, 0.6) is 5.75 Å². The van der Waals surface area contributed by atoms with E-state index < -0.39 is 0 Å². The Labute approximate surface area is 357 Å². The smallest absolute Gasteiger partial charge is 0.119 e. The number of hydrogen-bond acceptors (Lipinski definition) is 1. The summed E-state index contributed by atoms with van der Waals surface area (Å²) in [6.45, 7) is 21.3. The Morgan fingerprint density at radius 3 is 1.03 bits per heavy atom. The van der Waals surface area contributed by atoms with Gasteiger partial charge in [-0.25, -0.2) is 0 Å². The van der Waals surface area contributed by atoms with E-state index in [0.29, 0.717) is 23.5 Å². The summed E-state index contributed by atoms with van der Waals surface area (Å²) in [5.74, 6) is 1.55. The molecule has 0 aliphatic rings. The molecule has 0 aromatic heterocycles. The van der Waals surface area contributed by atoms with Crippen molar-refractivity contribution in [3.05, 3.63) is 133 Å². The number of hydrogen-bond donors (Lipinski definition) is 1. The number of phenolic OH excluding ortho intramolecular Hbond substituents is 1. The monoisotopic (exact) mass is 785 g/mol. The molecule has 0 aliphatic heterocycles. The van der Waals surface area contributed by atoms with E-state index in [0.717, 1.165) is 38.5 Å². The molecule has 0 saturated heterocycles. The predicted molar refractivity (Wildman–Crippen MR) is 255 cm³/mol. The minimum Gasteiger partial charge on any atom is -0.508 e. The molecule has 3 unspecified atom stereocenters. The molecule has 1 nitrogen and oxygen atoms in total. The molecule has 0 amide bonds. The highest BCUT2D eigenvalue weighted by atomic mass is 16.3. The number of phenols is 1. The molecule has 4 rings (SSSR count). The summed E-state index contributed by atoms with van der Waals surface area (Å²) in [7, 11) is 0. The van der Waals surface area contributed by atoms with E-state index in [-0.39, 0.29) is 0 Å². The summed E-state index contributed by atoms with van der Waals surface area (Å²) in [5.41, 5.74) is 18.0. The maximum Gasteiger partial charge on any atom is 0.119 e. The highest BCUT2D eigenvalue weighted by molar-refractivity contribution is 5.50. The van der Waals surface area contributed by atoms with Gasteiger partial charge in [-0.3, -0.25) is 0 Å². The van der Waals surface area contributed by atoms with Crippen LogP contribution in [0.1, 0.15) is 224 Å². The number of unbranched alkanes of at least 4 members (excludes halogenated alkanes) is 6. The van der Waals surface area contributed by atoms with E-state index in [1.807, 2.05) is 6.07 Å². The molecule has 318 valence electrons. The molecule has 0 spiro atoms. The van der Waals surface area contributed by atoms with Gasteiger partial charge in [-0.2, -0.15) is 0 Å². The summed E-state index contributed by atoms with van der Waals surface area (Å²) >= 11 is 0. The largest absolute Gasteiger partial charge is 0.508 e. The second-order valence-electron chi connectivity index (χ2n) is 18.1. The van der Waals surface area contributed by atoms with Gasteiger partial charge in [0.2, 0.25) is 0 Å². The third kappa shape index (κ3) is 13.1. The van der Waals surface area contributed by atoms with Crippen LogP contribution in [0.4, 0.5) is 0 Å². The van der Waals surface area contributed by atoms with Gasteiger partial charge in [0.05, 0.1) is 0 Å². The SMILES string of the molecule is CCCCc1cccc(C(C)Cc2ccc(O)c(CC(C)c3cccc(CCCC)c3CCCC)c2CC(C)c2cccc(CCCC)c2CCCC)c1CCCC. The second-order valence-corrected chi connectivity index (χ2v) is 18.1. The number of aryl methyl sites for hydroxylation is 3. The molecule has 4 aromatic rings. The van der Waals surface area contributed by atoms with Crippen molar-refractivity contribution in [2.24, 2.45) is 0 Å². The number of aromatic hydroxyl groups is 1. The highest BCUT2D eigenvalue weighted by Gasteiger charge is 2.24. The molecule has 1 heteroatoms. The summed E-state index contributed by atoms with van der Waals surface area (Å²) in [5, 5.41) is 12.0. The van der Waals surface area contributed by atoms with Gasteiger partial charge in [0.1, 0.15) is 5.75 Å². The predicted octanol–water partition coefficient (Wildman–Crippen LogP) is 16.5. The van der Waals surface area contributed by atoms with Gasteiger partial charge in [0.15, 0.2) is 0 Å². The van der Waals surface area contributed by atoms with Crippen LogP contribution in [0, 0.1) is 0 Å². The first-order chi connectivity index (χ1) is 28.2. The molecule has 3 atom stereocenters. The van der Waals surface area contributed by atoms with E-state index in [1.165, 1.54) is 124 Å². The van der Waals surface area contributed by atoms with Crippen LogP contribution < -0.4 is 0 Å². The molecule has 0 fully saturated rings. The van der Waals surface area contributed by atoms with Crippen LogP contribution in [-0.4, -0.2) is 5.11 Å². The Hall–Kier alpha value is -3.32. The van der Waals surface area contributed by atoms with Crippen LogP contribution in [0.25, 0.3) is 0 Å². The van der Waals surface area contributed by atoms with Crippen LogP contribution in [0.15, 0.2) is 66.7 Å². The molecule has 0 radical (unpaired) electrons. The van der Waals surface area contributed by atoms with Crippen LogP contribution in [0.2, 0.25) is 0 Å². The van der Waals surface area contributed by atoms with Crippen molar-refractivity contribution in [2.75, 3.05) is 0 Å². The minimum atomic E-state index is 0.314. The molecule has 58 heavy (non-hydrogen) atoms. The Bertz CT molecular complexity index is 1790. The van der Waals surface area contributed by atoms with Gasteiger partial charge in [0, 0.05) is 0 Å². The fourth-order valence-electron chi connectivity index (χ4n) is 9.80. The standard InChI is InChI=1S/C57H84O/c1-10-16-25-45-28-22-34-49(52(45)31-19-13-4)42(7)39-48-37-38-57(58)56(41-44(9)51-36-24-30-47(27-18-12-3)54(51)33-21-15-6)55(48)40-43(8)50-35-23-29-46(26-17-11-2)53(50)32-20-14-5/h22-24,28-30,34-38,42-44,58H,10-21,25-27,31-33,39-41H2,1-9H3. The first-order valence-corrected chi connectivity index (χ1v) is 24.4. The normalized spacial score (nSPS) is 13.2. The van der Waals surface area contributed by atoms with Crippen molar-refractivity contribution in [3.8, 4) is 5.75 Å². The van der Waals surface area contributed by atoms with Gasteiger partial charge in [-0.1, -0.05) is 162 Å². The van der Waals surface area contributed by atoms with Crippen molar-refractivity contribution >= 4 is 0 Å². The van der Waals surface area contributed by atoms with Crippen LogP contribution in [0.3, 0.4) is 0 Å². The zero-order chi connectivity index (χ0) is 41.9. The first kappa shape index (κ1) is 47.4. The fraction of sp³-hybridized carbons (Fsp3) is 0.579. The van der Waals surface area contributed by atoms with Gasteiger partial charge in [0.25, 0.3) is 0 Å². The maximum absolute atomic E-state index is 12.0. The summed E-state index contributed by atoms with van der Waals surface area (Å²) in [4.78, 5) is 0. The molecule has 0 saturated carbocycles. The third-order valence-corrected chi connectivity index (χ3v) is 13.3. The van der Waals surface area contributed by atoms with Gasteiger partial charge in [-0.05, 0) is 187 Å². The lowest BCUT2D eigenvalue weighted by atomic mass is 9.78. The molecule has 0 aliphatic carbocycles. The lowest BCUT2D eigenvalue weighted by Crippen LogP contribution is -2.14. The lowest BCUT2D eigenvalue weighted by Gasteiger charge is -2.27. The fourth-order valence-corrected chi connectivity index (χ4v) is 9.80. The topological polar surface area (TPSA) is 20.2 Å². The summed E-state index contributed by atoms with van der Waals surface area (Å²) in [6.07, 6.45) is 24.5. The van der Waals surface area contributed by atoms with Gasteiger partial charge in [-0.15, -0.1) is 0 Å². The quantitative estimate of drug-likeness (QED) is 0.0638. The van der Waals surface area contributed by atoms with Crippen molar-refractivity contribution < 1.29 is 5.11 Å².